The van der Waals surface area contributed by atoms with Gasteiger partial charge in [0.25, 0.3) is 22.9 Å². The molecule has 58 heavy (non-hydrogen) atoms. The summed E-state index contributed by atoms with van der Waals surface area (Å²) >= 11 is 6.30. The van der Waals surface area contributed by atoms with Crippen LogP contribution >= 0.6 is 11.6 Å². The first-order valence-electron chi connectivity index (χ1n) is 20.3. The van der Waals surface area contributed by atoms with Crippen LogP contribution in [0.5, 0.6) is 0 Å². The Bertz CT molecular complexity index is 2730. The van der Waals surface area contributed by atoms with E-state index in [0.29, 0.717) is 35.8 Å². The smallest absolute Gasteiger partial charge is 0.258 e. The Labute approximate surface area is 343 Å². The third-order valence-corrected chi connectivity index (χ3v) is 12.1. The van der Waals surface area contributed by atoms with E-state index in [0.717, 1.165) is 90.5 Å². The summed E-state index contributed by atoms with van der Waals surface area (Å²) < 4.78 is 3.45. The van der Waals surface area contributed by atoms with Gasteiger partial charge in [-0.15, -0.1) is 0 Å². The van der Waals surface area contributed by atoms with Gasteiger partial charge in [-0.05, 0) is 124 Å². The van der Waals surface area contributed by atoms with Gasteiger partial charge in [-0.2, -0.15) is 0 Å². The van der Waals surface area contributed by atoms with Crippen molar-refractivity contribution in [3.63, 3.8) is 0 Å². The molecule has 0 aliphatic carbocycles. The molecular weight excluding hydrogens is 746 g/mol. The Hall–Kier alpha value is -5.77. The normalized spacial score (nSPS) is 15.3. The fourth-order valence-corrected chi connectivity index (χ4v) is 8.98. The van der Waals surface area contributed by atoms with Crippen LogP contribution in [0.1, 0.15) is 70.5 Å². The number of nitrogens with zero attached hydrogens (tertiary/aromatic N) is 5. The number of anilines is 2. The van der Waals surface area contributed by atoms with E-state index in [4.69, 9.17) is 11.6 Å². The zero-order chi connectivity index (χ0) is 40.5. The molecule has 0 unspecified atom stereocenters. The second-order valence-corrected chi connectivity index (χ2v) is 15.7. The van der Waals surface area contributed by atoms with Crippen molar-refractivity contribution < 1.29 is 9.59 Å². The molecule has 9 nitrogen and oxygen atoms in total. The zero-order valence-electron chi connectivity index (χ0n) is 33.3. The van der Waals surface area contributed by atoms with E-state index in [1.165, 1.54) is 22.8 Å². The minimum absolute atomic E-state index is 0.0128. The molecule has 6 aromatic rings. The fourth-order valence-electron chi connectivity index (χ4n) is 8.73. The molecule has 0 saturated heterocycles. The summed E-state index contributed by atoms with van der Waals surface area (Å²) in [4.78, 5) is 57.7. The molecular formula is C48H48ClN5O4. The molecule has 9 rings (SSSR count). The highest BCUT2D eigenvalue weighted by Gasteiger charge is 2.26. The number of aryl methyl sites for hydroxylation is 4. The molecule has 0 atom stereocenters. The third kappa shape index (κ3) is 7.40. The Morgan fingerprint density at radius 2 is 1.14 bits per heavy atom. The first-order valence-corrected chi connectivity index (χ1v) is 20.7. The van der Waals surface area contributed by atoms with Crippen LogP contribution in [0.4, 0.5) is 11.4 Å². The maximum Gasteiger partial charge on any atom is 0.258 e. The largest absolute Gasteiger partial charge is 0.309 e. The number of hydrogen-bond acceptors (Lipinski definition) is 5. The van der Waals surface area contributed by atoms with Gasteiger partial charge in [-0.25, -0.2) is 0 Å². The number of para-hydroxylation sites is 2. The van der Waals surface area contributed by atoms with Crippen LogP contribution in [0.2, 0.25) is 5.02 Å². The minimum Gasteiger partial charge on any atom is -0.309 e. The van der Waals surface area contributed by atoms with Crippen LogP contribution in [0.15, 0.2) is 113 Å². The fraction of sp³-hybridized carbons (Fsp3) is 0.292. The highest BCUT2D eigenvalue weighted by molar-refractivity contribution is 6.35. The summed E-state index contributed by atoms with van der Waals surface area (Å²) in [6.07, 6.45) is 7.03. The van der Waals surface area contributed by atoms with E-state index in [-0.39, 0.29) is 22.9 Å². The average molecular weight is 794 g/mol. The van der Waals surface area contributed by atoms with Crippen molar-refractivity contribution in [1.29, 1.82) is 0 Å². The second kappa shape index (κ2) is 16.6. The Kier molecular flexibility index (Phi) is 11.2. The molecule has 5 heterocycles. The van der Waals surface area contributed by atoms with E-state index >= 15 is 0 Å². The Balaban J connectivity index is 0.000000165. The molecule has 3 aliphatic heterocycles. The van der Waals surface area contributed by atoms with Crippen LogP contribution in [0, 0.1) is 0 Å². The van der Waals surface area contributed by atoms with E-state index in [1.807, 2.05) is 84.3 Å². The van der Waals surface area contributed by atoms with Crippen molar-refractivity contribution in [2.24, 2.45) is 0 Å². The minimum atomic E-state index is -0.131. The Morgan fingerprint density at radius 3 is 1.67 bits per heavy atom. The first-order chi connectivity index (χ1) is 28.2. The molecule has 0 N–H and O–H groups in total. The van der Waals surface area contributed by atoms with Crippen molar-refractivity contribution in [2.45, 2.75) is 59.0 Å². The summed E-state index contributed by atoms with van der Waals surface area (Å²) in [5, 5.41) is 2.09. The molecule has 0 fully saturated rings. The molecule has 3 aliphatic rings. The number of likely N-dealkylation sites (N-methyl/N-ethyl adjacent to an activating group) is 1. The summed E-state index contributed by atoms with van der Waals surface area (Å²) in [6.45, 7) is 8.33. The molecule has 0 bridgehead atoms. The van der Waals surface area contributed by atoms with Gasteiger partial charge in [0.05, 0.1) is 16.1 Å². The molecule has 2 aromatic heterocycles. The standard InChI is InChI=1S/C27H29N3O2.C21H19ClN2O2/c1-3-29-25-11-10-21(27(32)30-14-6-8-20-7-4-5-9-24(20)30)17-23(25)22(18-26(29)31)19-12-15-28(2)16-13-19;1-2-23-19-10-9-15(12-16(19)17(22)13-20(23)25)21(26)24-11-5-7-14-6-3-4-8-18(14)24/h4-5,7,9-12,17-18H,3,6,8,13-16H2,1-2H3;3-4,6,8-10,12-13H,2,5,7,11H2,1H3. The average Bonchev–Trinajstić information content (AvgIpc) is 3.25. The van der Waals surface area contributed by atoms with Crippen LogP contribution in [0.25, 0.3) is 27.4 Å². The number of carbonyl (C=O) groups excluding carboxylic acids is 2. The lowest BCUT2D eigenvalue weighted by molar-refractivity contribution is 0.0977. The number of fused-ring (bicyclic) bond motifs is 4. The van der Waals surface area contributed by atoms with E-state index in [1.54, 1.807) is 27.3 Å². The van der Waals surface area contributed by atoms with Crippen molar-refractivity contribution in [1.82, 2.24) is 14.0 Å². The Morgan fingerprint density at radius 1 is 0.621 bits per heavy atom. The predicted octanol–water partition coefficient (Wildman–Crippen LogP) is 8.60. The summed E-state index contributed by atoms with van der Waals surface area (Å²) in [7, 11) is 2.10. The van der Waals surface area contributed by atoms with Crippen LogP contribution in [0.3, 0.4) is 0 Å². The number of aromatic nitrogens is 2. The number of benzene rings is 4. The summed E-state index contributed by atoms with van der Waals surface area (Å²) in [5.74, 6) is -0.0130. The third-order valence-electron chi connectivity index (χ3n) is 11.8. The highest BCUT2D eigenvalue weighted by Crippen LogP contribution is 2.33. The topological polar surface area (TPSA) is 87.9 Å². The van der Waals surface area contributed by atoms with E-state index in [9.17, 15) is 19.2 Å². The molecule has 0 spiro atoms. The lowest BCUT2D eigenvalue weighted by Crippen LogP contribution is -2.35. The summed E-state index contributed by atoms with van der Waals surface area (Å²) in [5.41, 5.74) is 9.36. The number of hydrogen-bond donors (Lipinski definition) is 0. The predicted molar refractivity (Wildman–Crippen MR) is 236 cm³/mol. The monoisotopic (exact) mass is 793 g/mol. The molecule has 2 amide bonds. The van der Waals surface area contributed by atoms with Gasteiger partial charge in [0.15, 0.2) is 0 Å². The van der Waals surface area contributed by atoms with Crippen LogP contribution in [-0.2, 0) is 25.9 Å². The quantitative estimate of drug-likeness (QED) is 0.175. The van der Waals surface area contributed by atoms with Crippen LogP contribution in [-0.4, -0.2) is 59.1 Å². The first kappa shape index (κ1) is 39.1. The zero-order valence-corrected chi connectivity index (χ0v) is 34.1. The van der Waals surface area contributed by atoms with Crippen molar-refractivity contribution >= 4 is 62.2 Å². The molecule has 0 saturated carbocycles. The maximum absolute atomic E-state index is 13.6. The van der Waals surface area contributed by atoms with Crippen LogP contribution < -0.4 is 20.9 Å². The SMILES string of the molecule is CCn1c(=O)cc(C2=CCN(C)CC2)c2cc(C(=O)N3CCCc4ccccc43)ccc21.CCn1c(=O)cc(Cl)c2cc(C(=O)N3CCCc4ccccc43)ccc21. The lowest BCUT2D eigenvalue weighted by atomic mass is 9.94. The second-order valence-electron chi connectivity index (χ2n) is 15.3. The van der Waals surface area contributed by atoms with Gasteiger partial charge in [0.1, 0.15) is 0 Å². The molecule has 4 aromatic carbocycles. The van der Waals surface area contributed by atoms with Gasteiger partial charge in [0, 0.05) is 84.7 Å². The van der Waals surface area contributed by atoms with Crippen molar-refractivity contribution in [3.8, 4) is 0 Å². The molecule has 0 radical (unpaired) electrons. The lowest BCUT2D eigenvalue weighted by Gasteiger charge is -2.29. The van der Waals surface area contributed by atoms with Gasteiger partial charge < -0.3 is 23.8 Å². The summed E-state index contributed by atoms with van der Waals surface area (Å²) in [6, 6.07) is 30.6. The van der Waals surface area contributed by atoms with E-state index < -0.39 is 0 Å². The van der Waals surface area contributed by atoms with Gasteiger partial charge in [-0.3, -0.25) is 19.2 Å². The maximum atomic E-state index is 13.6. The van der Waals surface area contributed by atoms with Crippen molar-refractivity contribution in [2.75, 3.05) is 43.0 Å². The highest BCUT2D eigenvalue weighted by atomic mass is 35.5. The van der Waals surface area contributed by atoms with Gasteiger partial charge in [0.2, 0.25) is 0 Å². The molecule has 296 valence electrons. The number of amides is 2. The van der Waals surface area contributed by atoms with Gasteiger partial charge >= 0.3 is 0 Å². The number of halogens is 1. The van der Waals surface area contributed by atoms with Crippen molar-refractivity contribution in [3.05, 3.63) is 157 Å². The molecule has 10 heteroatoms. The number of pyridine rings is 2. The van der Waals surface area contributed by atoms with Gasteiger partial charge in [-0.1, -0.05) is 54.1 Å². The number of rotatable bonds is 5. The van der Waals surface area contributed by atoms with E-state index in [2.05, 4.69) is 30.2 Å². The number of carbonyl (C=O) groups is 2.